The fourth-order valence-corrected chi connectivity index (χ4v) is 3.49. The van der Waals surface area contributed by atoms with Crippen LogP contribution in [0.25, 0.3) is 0 Å². The van der Waals surface area contributed by atoms with Crippen LogP contribution in [0.4, 0.5) is 0 Å². The summed E-state index contributed by atoms with van der Waals surface area (Å²) in [6, 6.07) is 0. The maximum Gasteiger partial charge on any atom is 0.0511 e. The van der Waals surface area contributed by atoms with Crippen LogP contribution >= 0.6 is 0 Å². The highest BCUT2D eigenvalue weighted by atomic mass is 16.3. The van der Waals surface area contributed by atoms with Gasteiger partial charge < -0.3 is 0 Å². The Morgan fingerprint density at radius 1 is 0.381 bits per heavy atom. The van der Waals surface area contributed by atoms with Gasteiger partial charge in [0.1, 0.15) is 0 Å². The lowest BCUT2D eigenvalue weighted by Gasteiger charge is -2.56. The number of hydrogen-bond acceptors (Lipinski definition) is 4. The van der Waals surface area contributed by atoms with Gasteiger partial charge >= 0.3 is 0 Å². The minimum Gasteiger partial charge on any atom is -0.0964 e. The SMILES string of the molecule is CCN(CC)[N+](N(CC)CC)(N(CC)CC)N(CC)CC. The van der Waals surface area contributed by atoms with E-state index >= 15 is 0 Å². The summed E-state index contributed by atoms with van der Waals surface area (Å²) in [6.07, 6.45) is 0. The van der Waals surface area contributed by atoms with E-state index in [0.717, 1.165) is 57.3 Å². The quantitative estimate of drug-likeness (QED) is 0.406. The summed E-state index contributed by atoms with van der Waals surface area (Å²) < 4.78 is 0. The van der Waals surface area contributed by atoms with E-state index in [9.17, 15) is 0 Å². The summed E-state index contributed by atoms with van der Waals surface area (Å²) >= 11 is 0. The maximum absolute atomic E-state index is 2.56. The van der Waals surface area contributed by atoms with Gasteiger partial charge in [0.25, 0.3) is 0 Å². The summed E-state index contributed by atoms with van der Waals surface area (Å²) in [5, 5.41) is 10.2. The van der Waals surface area contributed by atoms with E-state index in [4.69, 9.17) is 0 Å². The molecule has 0 aliphatic carbocycles. The molecule has 0 saturated carbocycles. The minimum atomic E-state index is 0.750. The molecule has 0 aromatic heterocycles. The van der Waals surface area contributed by atoms with Crippen molar-refractivity contribution in [1.82, 2.24) is 20.0 Å². The molecule has 0 atom stereocenters. The second-order valence-corrected chi connectivity index (χ2v) is 5.09. The Morgan fingerprint density at radius 2 is 0.524 bits per heavy atom. The van der Waals surface area contributed by atoms with Crippen molar-refractivity contribution in [2.24, 2.45) is 0 Å². The Morgan fingerprint density at radius 3 is 0.619 bits per heavy atom. The fraction of sp³-hybridized carbons (Fsp3) is 1.00. The van der Waals surface area contributed by atoms with Gasteiger partial charge in [0.05, 0.1) is 52.4 Å². The van der Waals surface area contributed by atoms with E-state index in [1.807, 2.05) is 0 Å². The zero-order valence-electron chi connectivity index (χ0n) is 15.9. The molecule has 0 aliphatic heterocycles. The summed E-state index contributed by atoms with van der Waals surface area (Å²) in [4.78, 5) is 0.750. The topological polar surface area (TPSA) is 13.0 Å². The number of nitrogens with zero attached hydrogens (tertiary/aromatic N) is 5. The lowest BCUT2D eigenvalue weighted by atomic mass is 10.5. The first-order chi connectivity index (χ1) is 10.1. The minimum absolute atomic E-state index is 0.750. The molecule has 0 radical (unpaired) electrons. The molecule has 128 valence electrons. The van der Waals surface area contributed by atoms with Crippen molar-refractivity contribution in [2.45, 2.75) is 55.4 Å². The molecule has 0 heterocycles. The highest BCUT2D eigenvalue weighted by Gasteiger charge is 2.50. The standard InChI is InChI=1S/C16H40N5/c1-9-17(10-2)21(18(11-3)12-4,19(13-5)14-6)20(15-7)16-8/h9-16H2,1-8H3/q+1. The van der Waals surface area contributed by atoms with Gasteiger partial charge in [-0.05, 0) is 60.3 Å². The van der Waals surface area contributed by atoms with E-state index < -0.39 is 0 Å². The second-order valence-electron chi connectivity index (χ2n) is 5.09. The molecular formula is C16H40N5+. The third-order valence-electron chi connectivity index (χ3n) is 4.44. The molecule has 21 heavy (non-hydrogen) atoms. The van der Waals surface area contributed by atoms with Crippen LogP contribution in [0.3, 0.4) is 0 Å². The molecule has 0 aromatic carbocycles. The summed E-state index contributed by atoms with van der Waals surface area (Å²) in [6.45, 7) is 26.5. The molecule has 5 heteroatoms. The number of quaternary nitrogens is 1. The van der Waals surface area contributed by atoms with E-state index in [1.54, 1.807) is 0 Å². The first-order valence-electron chi connectivity index (χ1n) is 8.99. The van der Waals surface area contributed by atoms with E-state index in [-0.39, 0.29) is 0 Å². The van der Waals surface area contributed by atoms with Crippen LogP contribution in [0.15, 0.2) is 0 Å². The number of hydrogen-bond donors (Lipinski definition) is 0. The Labute approximate surface area is 133 Å². The predicted octanol–water partition coefficient (Wildman–Crippen LogP) is 2.83. The van der Waals surface area contributed by atoms with Crippen LogP contribution in [-0.2, 0) is 0 Å². The van der Waals surface area contributed by atoms with Crippen molar-refractivity contribution < 1.29 is 4.92 Å². The third kappa shape index (κ3) is 3.96. The molecule has 0 bridgehead atoms. The van der Waals surface area contributed by atoms with Crippen molar-refractivity contribution in [3.8, 4) is 0 Å². The van der Waals surface area contributed by atoms with Gasteiger partial charge in [0.15, 0.2) is 0 Å². The number of rotatable bonds is 12. The van der Waals surface area contributed by atoms with Crippen LogP contribution in [0.1, 0.15) is 55.4 Å². The van der Waals surface area contributed by atoms with E-state index in [2.05, 4.69) is 75.4 Å². The molecular weight excluding hydrogens is 262 g/mol. The second kappa shape index (κ2) is 10.5. The highest BCUT2D eigenvalue weighted by molar-refractivity contribution is 4.48. The zero-order chi connectivity index (χ0) is 16.5. The lowest BCUT2D eigenvalue weighted by Crippen LogP contribution is -2.81. The summed E-state index contributed by atoms with van der Waals surface area (Å²) in [5.41, 5.74) is 0. The van der Waals surface area contributed by atoms with E-state index in [0.29, 0.717) is 0 Å². The van der Waals surface area contributed by atoms with Crippen molar-refractivity contribution in [2.75, 3.05) is 52.4 Å². The van der Waals surface area contributed by atoms with E-state index in [1.165, 1.54) is 0 Å². The smallest absolute Gasteiger partial charge is 0.0511 e. The molecule has 0 aromatic rings. The van der Waals surface area contributed by atoms with Gasteiger partial charge in [0.2, 0.25) is 0 Å². The van der Waals surface area contributed by atoms with Crippen LogP contribution in [0, 0.1) is 0 Å². The average Bonchev–Trinajstić information content (AvgIpc) is 2.51. The van der Waals surface area contributed by atoms with Gasteiger partial charge in [-0.15, -0.1) is 0 Å². The Balaban J connectivity index is 6.15. The first-order valence-corrected chi connectivity index (χ1v) is 8.99. The molecule has 0 fully saturated rings. The van der Waals surface area contributed by atoms with Gasteiger partial charge in [-0.1, -0.05) is 20.0 Å². The first kappa shape index (κ1) is 20.8. The zero-order valence-corrected chi connectivity index (χ0v) is 15.9. The van der Waals surface area contributed by atoms with Crippen LogP contribution in [-0.4, -0.2) is 77.3 Å². The van der Waals surface area contributed by atoms with Crippen molar-refractivity contribution in [3.05, 3.63) is 0 Å². The highest BCUT2D eigenvalue weighted by Crippen LogP contribution is 2.26. The van der Waals surface area contributed by atoms with Gasteiger partial charge in [-0.25, -0.2) is 0 Å². The molecule has 5 nitrogen and oxygen atoms in total. The maximum atomic E-state index is 2.56. The summed E-state index contributed by atoms with van der Waals surface area (Å²) in [7, 11) is 0. The van der Waals surface area contributed by atoms with Crippen molar-refractivity contribution >= 4 is 0 Å². The van der Waals surface area contributed by atoms with Crippen LogP contribution < -0.4 is 0 Å². The molecule has 0 amide bonds. The van der Waals surface area contributed by atoms with Gasteiger partial charge in [-0.3, -0.25) is 0 Å². The lowest BCUT2D eigenvalue weighted by molar-refractivity contribution is -1.28. The molecule has 0 saturated heterocycles. The molecule has 0 rings (SSSR count). The average molecular weight is 303 g/mol. The van der Waals surface area contributed by atoms with Crippen molar-refractivity contribution in [3.63, 3.8) is 0 Å². The van der Waals surface area contributed by atoms with Gasteiger partial charge in [-0.2, -0.15) is 0 Å². The Bertz CT molecular complexity index is 190. The molecule has 0 aliphatic rings. The van der Waals surface area contributed by atoms with Gasteiger partial charge in [0, 0.05) is 0 Å². The predicted molar refractivity (Wildman–Crippen MR) is 91.9 cm³/mol. The van der Waals surface area contributed by atoms with Crippen molar-refractivity contribution in [1.29, 1.82) is 0 Å². The largest absolute Gasteiger partial charge is 0.0964 e. The third-order valence-corrected chi connectivity index (χ3v) is 4.44. The monoisotopic (exact) mass is 302 g/mol. The van der Waals surface area contributed by atoms with Crippen LogP contribution in [0.2, 0.25) is 0 Å². The van der Waals surface area contributed by atoms with Crippen LogP contribution in [0.5, 0.6) is 0 Å². The Hall–Kier alpha value is -0.200. The summed E-state index contributed by atoms with van der Waals surface area (Å²) in [5.74, 6) is 0. The molecule has 0 N–H and O–H groups in total. The fourth-order valence-electron chi connectivity index (χ4n) is 3.49. The molecule has 0 spiro atoms. The molecule has 0 unspecified atom stereocenters. The Kier molecular flexibility index (Phi) is 10.4. The normalized spacial score (nSPS) is 13.1.